The fourth-order valence-corrected chi connectivity index (χ4v) is 5.74. The molecular weight excluding hydrogens is 324 g/mol. The van der Waals surface area contributed by atoms with Crippen molar-refractivity contribution in [2.45, 2.75) is 49.8 Å². The molecule has 5 nitrogen and oxygen atoms in total. The maximum atomic E-state index is 12.3. The first-order valence-corrected chi connectivity index (χ1v) is 8.56. The van der Waals surface area contributed by atoms with Gasteiger partial charge in [0.15, 0.2) is 6.10 Å². The minimum Gasteiger partial charge on any atom is -0.284 e. The molecule has 5 atom stereocenters. The fourth-order valence-electron chi connectivity index (χ4n) is 4.76. The Kier molecular flexibility index (Phi) is 2.82. The van der Waals surface area contributed by atoms with Crippen molar-refractivity contribution in [3.8, 4) is 0 Å². The maximum Gasteiger partial charge on any atom is 0.261 e. The summed E-state index contributed by atoms with van der Waals surface area (Å²) in [5.74, 6) is 0.0618. The number of rotatable bonds is 1. The van der Waals surface area contributed by atoms with Crippen LogP contribution in [0.5, 0.6) is 0 Å². The standard InChI is InChI=1S/C14H19BrN2O3/c1-16-12(18)10-9-6-8-4-2-3-5-14(8,7-15)17(9)20-11(10)13(16)19/h8-11H,2-7H2,1H3/t8-,9+,10+,11-,14+/m1/s1. The molecule has 0 spiro atoms. The van der Waals surface area contributed by atoms with E-state index in [4.69, 9.17) is 4.84 Å². The lowest BCUT2D eigenvalue weighted by atomic mass is 9.74. The van der Waals surface area contributed by atoms with E-state index in [1.807, 2.05) is 5.06 Å². The van der Waals surface area contributed by atoms with Crippen LogP contribution in [-0.2, 0) is 14.4 Å². The van der Waals surface area contributed by atoms with Gasteiger partial charge >= 0.3 is 0 Å². The van der Waals surface area contributed by atoms with E-state index in [0.717, 1.165) is 18.2 Å². The molecule has 0 unspecified atom stereocenters. The molecule has 4 rings (SSSR count). The number of hydrogen-bond acceptors (Lipinski definition) is 4. The summed E-state index contributed by atoms with van der Waals surface area (Å²) in [6.45, 7) is 0. The van der Waals surface area contributed by atoms with Crippen LogP contribution in [0.25, 0.3) is 0 Å². The number of likely N-dealkylation sites (tertiary alicyclic amines) is 1. The molecular formula is C14H19BrN2O3. The topological polar surface area (TPSA) is 49.9 Å². The average molecular weight is 343 g/mol. The maximum absolute atomic E-state index is 12.3. The Bertz CT molecular complexity index is 485. The summed E-state index contributed by atoms with van der Waals surface area (Å²) >= 11 is 3.67. The van der Waals surface area contributed by atoms with Crippen LogP contribution in [0.2, 0.25) is 0 Å². The largest absolute Gasteiger partial charge is 0.284 e. The number of carbonyl (C=O) groups excluding carboxylic acids is 2. The molecule has 3 aliphatic heterocycles. The number of carbonyl (C=O) groups is 2. The summed E-state index contributed by atoms with van der Waals surface area (Å²) in [7, 11) is 1.57. The van der Waals surface area contributed by atoms with Crippen molar-refractivity contribution >= 4 is 27.7 Å². The SMILES string of the molecule is CN1C(=O)[C@@H]2[C@@H](ON3[C@H]2C[C@H]2CCCC[C@]23CBr)C1=O. The molecule has 0 aromatic rings. The second-order valence-corrected chi connectivity index (χ2v) is 7.16. The molecule has 20 heavy (non-hydrogen) atoms. The number of alkyl halides is 1. The minimum atomic E-state index is -0.573. The summed E-state index contributed by atoms with van der Waals surface area (Å²) < 4.78 is 0. The second kappa shape index (κ2) is 4.27. The van der Waals surface area contributed by atoms with Crippen molar-refractivity contribution < 1.29 is 14.4 Å². The molecule has 4 aliphatic rings. The van der Waals surface area contributed by atoms with Gasteiger partial charge in [-0.15, -0.1) is 0 Å². The van der Waals surface area contributed by atoms with E-state index in [2.05, 4.69) is 15.9 Å². The first kappa shape index (κ1) is 13.2. The lowest BCUT2D eigenvalue weighted by molar-refractivity contribution is -0.214. The van der Waals surface area contributed by atoms with Gasteiger partial charge in [0, 0.05) is 12.4 Å². The lowest BCUT2D eigenvalue weighted by Gasteiger charge is -2.43. The van der Waals surface area contributed by atoms with Crippen molar-refractivity contribution in [1.82, 2.24) is 9.96 Å². The molecule has 3 saturated heterocycles. The minimum absolute atomic E-state index is 0.00755. The molecule has 0 radical (unpaired) electrons. The zero-order chi connectivity index (χ0) is 14.1. The molecule has 0 aromatic carbocycles. The zero-order valence-electron chi connectivity index (χ0n) is 11.5. The molecule has 110 valence electrons. The van der Waals surface area contributed by atoms with Gasteiger partial charge in [0.2, 0.25) is 5.91 Å². The van der Waals surface area contributed by atoms with E-state index in [1.54, 1.807) is 7.05 Å². The van der Waals surface area contributed by atoms with Gasteiger partial charge < -0.3 is 0 Å². The Hall–Kier alpha value is -0.460. The van der Waals surface area contributed by atoms with E-state index in [1.165, 1.54) is 24.2 Å². The van der Waals surface area contributed by atoms with Crippen molar-refractivity contribution in [3.05, 3.63) is 0 Å². The summed E-state index contributed by atoms with van der Waals surface area (Å²) in [6, 6.07) is 0.0852. The predicted octanol–water partition coefficient (Wildman–Crippen LogP) is 1.31. The number of amides is 2. The van der Waals surface area contributed by atoms with Crippen molar-refractivity contribution in [1.29, 1.82) is 0 Å². The first-order chi connectivity index (χ1) is 9.60. The van der Waals surface area contributed by atoms with Crippen molar-refractivity contribution in [3.63, 3.8) is 0 Å². The van der Waals surface area contributed by atoms with E-state index < -0.39 is 6.10 Å². The van der Waals surface area contributed by atoms with Gasteiger partial charge in [-0.25, -0.2) is 0 Å². The third-order valence-electron chi connectivity index (χ3n) is 5.83. The molecule has 4 fully saturated rings. The Morgan fingerprint density at radius 3 is 2.90 bits per heavy atom. The highest BCUT2D eigenvalue weighted by atomic mass is 79.9. The lowest BCUT2D eigenvalue weighted by Crippen LogP contribution is -2.52. The van der Waals surface area contributed by atoms with Crippen LogP contribution in [0, 0.1) is 11.8 Å². The number of imide groups is 1. The predicted molar refractivity (Wildman–Crippen MR) is 74.9 cm³/mol. The number of halogens is 1. The Morgan fingerprint density at radius 2 is 2.15 bits per heavy atom. The number of hydroxylamine groups is 2. The van der Waals surface area contributed by atoms with Gasteiger partial charge in [0.1, 0.15) is 0 Å². The average Bonchev–Trinajstić information content (AvgIpc) is 3.04. The van der Waals surface area contributed by atoms with Crippen LogP contribution < -0.4 is 0 Å². The Balaban J connectivity index is 1.71. The number of hydrogen-bond donors (Lipinski definition) is 0. The van der Waals surface area contributed by atoms with Crippen molar-refractivity contribution in [2.75, 3.05) is 12.4 Å². The summed E-state index contributed by atoms with van der Waals surface area (Å²) in [4.78, 5) is 31.7. The number of likely N-dealkylation sites (N-methyl/N-ethyl adjacent to an activating group) is 1. The molecule has 6 heteroatoms. The van der Waals surface area contributed by atoms with Crippen LogP contribution in [0.1, 0.15) is 32.1 Å². The number of fused-ring (bicyclic) bond motifs is 5. The zero-order valence-corrected chi connectivity index (χ0v) is 13.1. The monoisotopic (exact) mass is 342 g/mol. The summed E-state index contributed by atoms with van der Waals surface area (Å²) in [6.07, 6.45) is 5.18. The molecule has 0 bridgehead atoms. The first-order valence-electron chi connectivity index (χ1n) is 7.43. The van der Waals surface area contributed by atoms with E-state index in [9.17, 15) is 9.59 Å². The highest BCUT2D eigenvalue weighted by Crippen LogP contribution is 2.55. The third kappa shape index (κ3) is 1.40. The Labute approximate surface area is 126 Å². The second-order valence-electron chi connectivity index (χ2n) is 6.60. The van der Waals surface area contributed by atoms with Crippen LogP contribution in [0.15, 0.2) is 0 Å². The van der Waals surface area contributed by atoms with Crippen LogP contribution in [0.3, 0.4) is 0 Å². The molecule has 1 saturated carbocycles. The van der Waals surface area contributed by atoms with Crippen LogP contribution in [0.4, 0.5) is 0 Å². The van der Waals surface area contributed by atoms with Crippen LogP contribution in [-0.4, -0.2) is 51.8 Å². The number of nitrogens with zero attached hydrogens (tertiary/aromatic N) is 2. The molecule has 1 aliphatic carbocycles. The molecule has 3 heterocycles. The summed E-state index contributed by atoms with van der Waals surface area (Å²) in [5.41, 5.74) is -0.00755. The van der Waals surface area contributed by atoms with Crippen LogP contribution >= 0.6 is 15.9 Å². The molecule has 2 amide bonds. The smallest absolute Gasteiger partial charge is 0.261 e. The Morgan fingerprint density at radius 1 is 1.35 bits per heavy atom. The fraction of sp³-hybridized carbons (Fsp3) is 0.857. The van der Waals surface area contributed by atoms with E-state index >= 15 is 0 Å². The van der Waals surface area contributed by atoms with E-state index in [0.29, 0.717) is 5.92 Å². The highest BCUT2D eigenvalue weighted by molar-refractivity contribution is 9.09. The normalized spacial score (nSPS) is 47.6. The van der Waals surface area contributed by atoms with Gasteiger partial charge in [-0.2, -0.15) is 5.06 Å². The van der Waals surface area contributed by atoms with Crippen molar-refractivity contribution in [2.24, 2.45) is 11.8 Å². The molecule has 0 aromatic heterocycles. The highest BCUT2D eigenvalue weighted by Gasteiger charge is 2.67. The van der Waals surface area contributed by atoms with Gasteiger partial charge in [-0.3, -0.25) is 19.3 Å². The quantitative estimate of drug-likeness (QED) is 0.532. The van der Waals surface area contributed by atoms with Gasteiger partial charge in [0.25, 0.3) is 5.91 Å². The molecule has 0 N–H and O–H groups in total. The summed E-state index contributed by atoms with van der Waals surface area (Å²) in [5, 5.41) is 2.91. The van der Waals surface area contributed by atoms with Gasteiger partial charge in [0.05, 0.1) is 17.5 Å². The van der Waals surface area contributed by atoms with E-state index in [-0.39, 0.29) is 29.3 Å². The van der Waals surface area contributed by atoms with Gasteiger partial charge in [-0.05, 0) is 25.2 Å². The third-order valence-corrected chi connectivity index (χ3v) is 6.80. The van der Waals surface area contributed by atoms with Gasteiger partial charge in [-0.1, -0.05) is 28.8 Å².